The molecule has 17 heteroatoms. The van der Waals surface area contributed by atoms with Gasteiger partial charge in [0.15, 0.2) is 12.3 Å². The molecular formula is C32H41N7O10. The number of likely N-dealkylation sites (tertiary alicyclic amines) is 1. The van der Waals surface area contributed by atoms with Gasteiger partial charge in [0.1, 0.15) is 6.04 Å². The van der Waals surface area contributed by atoms with Crippen LogP contribution in [0.15, 0.2) is 36.4 Å². The standard InChI is InChI=1S/C32H41N7O10/c1-2-47-32(46)49-38-15-13-36(14-16-38)31(45)24(11-12-28(41)42)34-30(44)25-17-27(39(35-25)23-9-4-3-5-10-23)48-20-26(40)37-18-21(19-37)29(43)33-22-7-6-8-22/h3-5,9-10,17,21-22,24H,2,6-8,11-16,18-20H2,1H3,(H,33,43)(H,34,44)(H,41,42)/t24-/m0/s1. The van der Waals surface area contributed by atoms with Gasteiger partial charge >= 0.3 is 12.1 Å². The van der Waals surface area contributed by atoms with Crippen molar-refractivity contribution in [1.29, 1.82) is 0 Å². The van der Waals surface area contributed by atoms with Gasteiger partial charge < -0.3 is 39.9 Å². The van der Waals surface area contributed by atoms with Crippen molar-refractivity contribution < 1.29 is 48.2 Å². The van der Waals surface area contributed by atoms with E-state index in [2.05, 4.69) is 15.7 Å². The zero-order valence-electron chi connectivity index (χ0n) is 27.2. The summed E-state index contributed by atoms with van der Waals surface area (Å²) < 4.78 is 12.0. The maximum Gasteiger partial charge on any atom is 0.527 e. The quantitative estimate of drug-likeness (QED) is 0.234. The largest absolute Gasteiger partial charge is 0.527 e. The molecule has 3 fully saturated rings. The van der Waals surface area contributed by atoms with Crippen molar-refractivity contribution in [3.8, 4) is 11.6 Å². The molecule has 1 atom stereocenters. The Kier molecular flexibility index (Phi) is 11.7. The number of carboxylic acid groups (broad SMARTS) is 1. The molecule has 3 heterocycles. The Bertz CT molecular complexity index is 1520. The first kappa shape index (κ1) is 35.1. The van der Waals surface area contributed by atoms with Crippen LogP contribution in [0.3, 0.4) is 0 Å². The number of para-hydroxylation sites is 1. The molecule has 0 spiro atoms. The molecule has 1 saturated carbocycles. The number of piperazine rings is 1. The lowest BCUT2D eigenvalue weighted by molar-refractivity contribution is -0.157. The van der Waals surface area contributed by atoms with Gasteiger partial charge in [-0.05, 0) is 44.7 Å². The lowest BCUT2D eigenvalue weighted by atomic mass is 9.91. The normalized spacial score (nSPS) is 17.2. The fraction of sp³-hybridized carbons (Fsp3) is 0.531. The van der Waals surface area contributed by atoms with Crippen molar-refractivity contribution >= 4 is 35.8 Å². The third kappa shape index (κ3) is 9.25. The lowest BCUT2D eigenvalue weighted by Gasteiger charge is -2.39. The highest BCUT2D eigenvalue weighted by molar-refractivity contribution is 5.96. The fourth-order valence-corrected chi connectivity index (χ4v) is 5.51. The van der Waals surface area contributed by atoms with Crippen molar-refractivity contribution in [2.75, 3.05) is 52.5 Å². The number of nitrogens with zero attached hydrogens (tertiary/aromatic N) is 5. The van der Waals surface area contributed by atoms with Gasteiger partial charge in [0.25, 0.3) is 11.8 Å². The summed E-state index contributed by atoms with van der Waals surface area (Å²) in [5, 5.41) is 20.7. The minimum absolute atomic E-state index is 0.0436. The Balaban J connectivity index is 1.21. The number of aromatic nitrogens is 2. The van der Waals surface area contributed by atoms with E-state index in [1.165, 1.54) is 25.6 Å². The Morgan fingerprint density at radius 2 is 1.71 bits per heavy atom. The van der Waals surface area contributed by atoms with Gasteiger partial charge in [-0.15, -0.1) is 5.06 Å². The average Bonchev–Trinajstić information content (AvgIpc) is 3.48. The highest BCUT2D eigenvalue weighted by Gasteiger charge is 2.37. The summed E-state index contributed by atoms with van der Waals surface area (Å²) in [6.07, 6.45) is 1.67. The van der Waals surface area contributed by atoms with E-state index in [0.717, 1.165) is 19.3 Å². The summed E-state index contributed by atoms with van der Waals surface area (Å²) in [5.41, 5.74) is 0.422. The van der Waals surface area contributed by atoms with E-state index in [0.29, 0.717) is 18.8 Å². The number of carbonyl (C=O) groups is 6. The van der Waals surface area contributed by atoms with Crippen LogP contribution in [0.25, 0.3) is 5.69 Å². The molecule has 3 N–H and O–H groups in total. The number of hydrogen-bond acceptors (Lipinski definition) is 11. The third-order valence-electron chi connectivity index (χ3n) is 8.58. The van der Waals surface area contributed by atoms with Gasteiger partial charge in [0.05, 0.1) is 31.3 Å². The van der Waals surface area contributed by atoms with Crippen LogP contribution in [0.2, 0.25) is 0 Å². The number of benzene rings is 1. The molecule has 1 aliphatic carbocycles. The number of carbonyl (C=O) groups excluding carboxylic acids is 5. The molecule has 1 aromatic heterocycles. The summed E-state index contributed by atoms with van der Waals surface area (Å²) in [7, 11) is 0. The van der Waals surface area contributed by atoms with Gasteiger partial charge in [-0.1, -0.05) is 18.2 Å². The number of ether oxygens (including phenoxy) is 2. The van der Waals surface area contributed by atoms with Crippen LogP contribution in [-0.2, 0) is 28.8 Å². The Hall–Kier alpha value is -5.19. The summed E-state index contributed by atoms with van der Waals surface area (Å²) >= 11 is 0. The van der Waals surface area contributed by atoms with Crippen LogP contribution in [0, 0.1) is 5.92 Å². The molecule has 2 aliphatic heterocycles. The molecule has 1 aromatic carbocycles. The second kappa shape index (κ2) is 16.3. The maximum absolute atomic E-state index is 13.5. The molecule has 2 saturated heterocycles. The van der Waals surface area contributed by atoms with Crippen LogP contribution in [-0.4, -0.2) is 130 Å². The third-order valence-corrected chi connectivity index (χ3v) is 8.58. The van der Waals surface area contributed by atoms with Crippen molar-refractivity contribution in [3.05, 3.63) is 42.1 Å². The van der Waals surface area contributed by atoms with Crippen molar-refractivity contribution in [1.82, 2.24) is 35.3 Å². The summed E-state index contributed by atoms with van der Waals surface area (Å²) in [5.74, 6) is -2.92. The van der Waals surface area contributed by atoms with E-state index >= 15 is 0 Å². The fourth-order valence-electron chi connectivity index (χ4n) is 5.51. The topological polar surface area (TPSA) is 202 Å². The Morgan fingerprint density at radius 1 is 1.00 bits per heavy atom. The first-order valence-corrected chi connectivity index (χ1v) is 16.4. The smallest absolute Gasteiger partial charge is 0.481 e. The van der Waals surface area contributed by atoms with Crippen LogP contribution in [0.5, 0.6) is 5.88 Å². The van der Waals surface area contributed by atoms with E-state index in [-0.39, 0.29) is 87.6 Å². The number of rotatable bonds is 14. The first-order valence-electron chi connectivity index (χ1n) is 16.4. The Labute approximate surface area is 282 Å². The summed E-state index contributed by atoms with van der Waals surface area (Å²) in [6, 6.07) is 9.17. The monoisotopic (exact) mass is 683 g/mol. The maximum atomic E-state index is 13.5. The molecule has 2 aromatic rings. The highest BCUT2D eigenvalue weighted by atomic mass is 16.8. The van der Waals surface area contributed by atoms with Crippen molar-refractivity contribution in [3.63, 3.8) is 0 Å². The molecule has 0 unspecified atom stereocenters. The zero-order valence-corrected chi connectivity index (χ0v) is 27.2. The predicted molar refractivity (Wildman–Crippen MR) is 169 cm³/mol. The molecule has 5 rings (SSSR count). The van der Waals surface area contributed by atoms with E-state index < -0.39 is 30.0 Å². The number of aliphatic carboxylic acids is 1. The molecule has 17 nitrogen and oxygen atoms in total. The van der Waals surface area contributed by atoms with Crippen LogP contribution in [0.1, 0.15) is 49.5 Å². The molecule has 3 aliphatic rings. The second-order valence-electron chi connectivity index (χ2n) is 12.0. The summed E-state index contributed by atoms with van der Waals surface area (Å²) in [4.78, 5) is 83.3. The number of hydroxylamine groups is 2. The van der Waals surface area contributed by atoms with E-state index in [4.69, 9.17) is 14.3 Å². The highest BCUT2D eigenvalue weighted by Crippen LogP contribution is 2.23. The number of amides is 4. The van der Waals surface area contributed by atoms with Gasteiger partial charge in [0.2, 0.25) is 17.7 Å². The molecular weight excluding hydrogens is 642 g/mol. The lowest BCUT2D eigenvalue weighted by Crippen LogP contribution is -2.58. The van der Waals surface area contributed by atoms with Gasteiger partial charge in [-0.25, -0.2) is 9.48 Å². The zero-order chi connectivity index (χ0) is 34.9. The molecule has 49 heavy (non-hydrogen) atoms. The van der Waals surface area contributed by atoms with Gasteiger partial charge in [-0.3, -0.25) is 24.0 Å². The van der Waals surface area contributed by atoms with Crippen molar-refractivity contribution in [2.45, 2.75) is 51.1 Å². The van der Waals surface area contributed by atoms with E-state index in [9.17, 15) is 33.9 Å². The van der Waals surface area contributed by atoms with E-state index in [1.807, 2.05) is 0 Å². The van der Waals surface area contributed by atoms with Crippen LogP contribution in [0.4, 0.5) is 4.79 Å². The number of hydrogen-bond donors (Lipinski definition) is 3. The number of nitrogens with one attached hydrogen (secondary N) is 2. The minimum Gasteiger partial charge on any atom is -0.481 e. The van der Waals surface area contributed by atoms with Crippen LogP contribution < -0.4 is 15.4 Å². The molecule has 0 radical (unpaired) electrons. The van der Waals surface area contributed by atoms with Gasteiger partial charge in [-0.2, -0.15) is 5.10 Å². The minimum atomic E-state index is -1.19. The second-order valence-corrected chi connectivity index (χ2v) is 12.0. The summed E-state index contributed by atoms with van der Waals surface area (Å²) in [6.45, 7) is 2.74. The van der Waals surface area contributed by atoms with Gasteiger partial charge in [0, 0.05) is 44.7 Å². The first-order chi connectivity index (χ1) is 23.6. The van der Waals surface area contributed by atoms with Crippen molar-refractivity contribution in [2.24, 2.45) is 5.92 Å². The molecule has 4 amide bonds. The average molecular weight is 684 g/mol. The van der Waals surface area contributed by atoms with Crippen LogP contribution >= 0.6 is 0 Å². The predicted octanol–water partition coefficient (Wildman–Crippen LogP) is 0.574. The molecule has 0 bridgehead atoms. The number of carboxylic acids is 1. The van der Waals surface area contributed by atoms with E-state index in [1.54, 1.807) is 37.3 Å². The molecule has 264 valence electrons. The Morgan fingerprint density at radius 3 is 2.35 bits per heavy atom. The SMILES string of the molecule is CCOC(=O)ON1CCN(C(=O)[C@H](CCC(=O)O)NC(=O)c2cc(OCC(=O)N3CC(C(=O)NC4CCC4)C3)n(-c3ccccc3)n2)CC1.